The molecule has 0 saturated carbocycles. The van der Waals surface area contributed by atoms with Crippen molar-refractivity contribution in [3.63, 3.8) is 0 Å². The van der Waals surface area contributed by atoms with E-state index in [1.165, 1.54) is 0 Å². The van der Waals surface area contributed by atoms with Gasteiger partial charge >= 0.3 is 0 Å². The average Bonchev–Trinajstić information content (AvgIpc) is 1.82. The molecule has 0 fully saturated rings. The van der Waals surface area contributed by atoms with E-state index in [0.29, 0.717) is 5.92 Å². The first kappa shape index (κ1) is 9.37. The maximum Gasteiger partial charge on any atom is 0.0292 e. The SMILES string of the molecule is CC(C)/C(CCS)=N\S. The van der Waals surface area contributed by atoms with Gasteiger partial charge in [0.15, 0.2) is 0 Å². The zero-order chi connectivity index (χ0) is 7.28. The van der Waals surface area contributed by atoms with E-state index in [2.05, 4.69) is 43.7 Å². The Kier molecular flexibility index (Phi) is 5.39. The molecule has 0 aromatic carbocycles. The predicted octanol–water partition coefficient (Wildman–Crippen LogP) is 2.25. The lowest BCUT2D eigenvalue weighted by Crippen LogP contribution is -2.06. The summed E-state index contributed by atoms with van der Waals surface area (Å²) >= 11 is 7.94. The minimum atomic E-state index is 0.509. The monoisotopic (exact) mass is 163 g/mol. The highest BCUT2D eigenvalue weighted by Crippen LogP contribution is 2.03. The zero-order valence-corrected chi connectivity index (χ0v) is 7.62. The third-order valence-electron chi connectivity index (χ3n) is 1.16. The van der Waals surface area contributed by atoms with E-state index in [1.54, 1.807) is 0 Å². The van der Waals surface area contributed by atoms with Gasteiger partial charge < -0.3 is 0 Å². The first-order valence-electron chi connectivity index (χ1n) is 3.04. The molecule has 0 atom stereocenters. The first-order valence-corrected chi connectivity index (χ1v) is 4.07. The second-order valence-electron chi connectivity index (χ2n) is 2.22. The normalized spacial score (nSPS) is 12.8. The Bertz CT molecular complexity index is 99.2. The largest absolute Gasteiger partial charge is 0.229 e. The van der Waals surface area contributed by atoms with Crippen molar-refractivity contribution in [2.24, 2.45) is 10.3 Å². The summed E-state index contributed by atoms with van der Waals surface area (Å²) in [6, 6.07) is 0. The molecular formula is C6H13NS2. The molecule has 1 nitrogen and oxygen atoms in total. The van der Waals surface area contributed by atoms with Crippen LogP contribution >= 0.6 is 25.4 Å². The van der Waals surface area contributed by atoms with Crippen LogP contribution < -0.4 is 0 Å². The molecule has 0 rings (SSSR count). The van der Waals surface area contributed by atoms with Gasteiger partial charge in [-0.15, -0.1) is 0 Å². The van der Waals surface area contributed by atoms with Gasteiger partial charge in [0, 0.05) is 5.71 Å². The average molecular weight is 163 g/mol. The first-order chi connectivity index (χ1) is 4.22. The van der Waals surface area contributed by atoms with Crippen LogP contribution in [0.3, 0.4) is 0 Å². The van der Waals surface area contributed by atoms with Gasteiger partial charge in [0.2, 0.25) is 0 Å². The van der Waals surface area contributed by atoms with E-state index in [4.69, 9.17) is 0 Å². The molecular weight excluding hydrogens is 150 g/mol. The van der Waals surface area contributed by atoms with Gasteiger partial charge in [-0.1, -0.05) is 13.8 Å². The molecule has 0 aliphatic heterocycles. The summed E-state index contributed by atoms with van der Waals surface area (Å²) in [5, 5.41) is 0. The van der Waals surface area contributed by atoms with Crippen LogP contribution in [0.4, 0.5) is 0 Å². The predicted molar refractivity (Wildman–Crippen MR) is 49.7 cm³/mol. The van der Waals surface area contributed by atoms with E-state index < -0.39 is 0 Å². The van der Waals surface area contributed by atoms with Crippen molar-refractivity contribution in [3.05, 3.63) is 0 Å². The molecule has 0 bridgehead atoms. The molecule has 0 saturated heterocycles. The van der Waals surface area contributed by atoms with E-state index in [9.17, 15) is 0 Å². The van der Waals surface area contributed by atoms with Crippen LogP contribution in [-0.4, -0.2) is 11.5 Å². The Morgan fingerprint density at radius 3 is 2.22 bits per heavy atom. The lowest BCUT2D eigenvalue weighted by molar-refractivity contribution is 0.864. The molecule has 0 radical (unpaired) electrons. The Morgan fingerprint density at radius 2 is 2.11 bits per heavy atom. The smallest absolute Gasteiger partial charge is 0.0292 e. The number of nitrogens with zero attached hydrogens (tertiary/aromatic N) is 1. The Balaban J connectivity index is 3.70. The van der Waals surface area contributed by atoms with Crippen LogP contribution in [-0.2, 0) is 0 Å². The van der Waals surface area contributed by atoms with Gasteiger partial charge in [0.1, 0.15) is 0 Å². The Morgan fingerprint density at radius 1 is 1.56 bits per heavy atom. The molecule has 0 amide bonds. The minimum absolute atomic E-state index is 0.509. The topological polar surface area (TPSA) is 12.4 Å². The summed E-state index contributed by atoms with van der Waals surface area (Å²) in [7, 11) is 0. The van der Waals surface area contributed by atoms with Crippen molar-refractivity contribution in [3.8, 4) is 0 Å². The fraction of sp³-hybridized carbons (Fsp3) is 0.833. The quantitative estimate of drug-likeness (QED) is 0.468. The van der Waals surface area contributed by atoms with Crippen molar-refractivity contribution < 1.29 is 0 Å². The van der Waals surface area contributed by atoms with Crippen LogP contribution in [0.25, 0.3) is 0 Å². The van der Waals surface area contributed by atoms with E-state index in [-0.39, 0.29) is 0 Å². The zero-order valence-electron chi connectivity index (χ0n) is 5.83. The second kappa shape index (κ2) is 5.18. The molecule has 0 spiro atoms. The van der Waals surface area contributed by atoms with E-state index in [1.807, 2.05) is 0 Å². The highest BCUT2D eigenvalue weighted by atomic mass is 32.1. The standard InChI is InChI=1S/C6H13NS2/c1-5(2)6(7-9)3-4-8/h5,8-9H,3-4H2,1-2H3/b7-6-. The summed E-state index contributed by atoms with van der Waals surface area (Å²) in [6.45, 7) is 4.22. The number of hydrogen-bond acceptors (Lipinski definition) is 3. The highest BCUT2D eigenvalue weighted by Gasteiger charge is 2.01. The highest BCUT2D eigenvalue weighted by molar-refractivity contribution is 7.80. The van der Waals surface area contributed by atoms with E-state index >= 15 is 0 Å². The van der Waals surface area contributed by atoms with Crippen LogP contribution in [0, 0.1) is 5.92 Å². The molecule has 0 aliphatic rings. The van der Waals surface area contributed by atoms with Crippen molar-refractivity contribution in [2.75, 3.05) is 5.75 Å². The van der Waals surface area contributed by atoms with E-state index in [0.717, 1.165) is 17.9 Å². The summed E-state index contributed by atoms with van der Waals surface area (Å²) in [6.07, 6.45) is 0.949. The molecule has 9 heavy (non-hydrogen) atoms. The van der Waals surface area contributed by atoms with Crippen molar-refractivity contribution in [1.29, 1.82) is 0 Å². The summed E-state index contributed by atoms with van der Waals surface area (Å²) < 4.78 is 3.84. The maximum atomic E-state index is 4.09. The maximum absolute atomic E-state index is 4.09. The molecule has 54 valence electrons. The molecule has 3 heteroatoms. The minimum Gasteiger partial charge on any atom is -0.229 e. The molecule has 0 N–H and O–H groups in total. The van der Waals surface area contributed by atoms with Crippen molar-refractivity contribution in [2.45, 2.75) is 20.3 Å². The number of rotatable bonds is 3. The fourth-order valence-corrected chi connectivity index (χ4v) is 1.13. The Hall–Kier alpha value is 0.370. The third kappa shape index (κ3) is 3.87. The van der Waals surface area contributed by atoms with Crippen LogP contribution in [0.2, 0.25) is 0 Å². The summed E-state index contributed by atoms with van der Waals surface area (Å²) in [4.78, 5) is 0. The van der Waals surface area contributed by atoms with Gasteiger partial charge in [-0.05, 0) is 30.9 Å². The summed E-state index contributed by atoms with van der Waals surface area (Å²) in [5.74, 6) is 1.37. The van der Waals surface area contributed by atoms with Crippen LogP contribution in [0.5, 0.6) is 0 Å². The number of hydrogen-bond donors (Lipinski definition) is 2. The van der Waals surface area contributed by atoms with Gasteiger partial charge in [-0.3, -0.25) is 0 Å². The lowest BCUT2D eigenvalue weighted by atomic mass is 10.1. The fourth-order valence-electron chi connectivity index (χ4n) is 0.569. The van der Waals surface area contributed by atoms with Gasteiger partial charge in [0.25, 0.3) is 0 Å². The molecule has 0 aliphatic carbocycles. The van der Waals surface area contributed by atoms with Crippen LogP contribution in [0.15, 0.2) is 4.40 Å². The number of thiol groups is 2. The molecule has 0 unspecified atom stereocenters. The molecule has 0 aromatic heterocycles. The molecule has 0 heterocycles. The lowest BCUT2D eigenvalue weighted by Gasteiger charge is -2.04. The van der Waals surface area contributed by atoms with Crippen molar-refractivity contribution >= 4 is 31.2 Å². The van der Waals surface area contributed by atoms with Crippen LogP contribution in [0.1, 0.15) is 20.3 Å². The van der Waals surface area contributed by atoms with Gasteiger partial charge in [-0.2, -0.15) is 12.6 Å². The Labute approximate surface area is 67.9 Å². The molecule has 0 aromatic rings. The second-order valence-corrected chi connectivity index (χ2v) is 2.87. The third-order valence-corrected chi connectivity index (χ3v) is 1.64. The van der Waals surface area contributed by atoms with Gasteiger partial charge in [0.05, 0.1) is 0 Å². The summed E-state index contributed by atoms with van der Waals surface area (Å²) in [5.41, 5.74) is 1.13. The van der Waals surface area contributed by atoms with Crippen molar-refractivity contribution in [1.82, 2.24) is 0 Å². The van der Waals surface area contributed by atoms with Gasteiger partial charge in [-0.25, -0.2) is 4.40 Å².